The fourth-order valence-electron chi connectivity index (χ4n) is 1.88. The van der Waals surface area contributed by atoms with Gasteiger partial charge in [-0.3, -0.25) is 9.59 Å². The van der Waals surface area contributed by atoms with Crippen LogP contribution in [0, 0.1) is 0 Å². The molecule has 1 aromatic rings. The summed E-state index contributed by atoms with van der Waals surface area (Å²) in [6.45, 7) is -0.107. The quantitative estimate of drug-likeness (QED) is 0.856. The molecular formula is C15H15BrN2O3. The Morgan fingerprint density at radius 3 is 2.86 bits per heavy atom. The number of anilines is 1. The third kappa shape index (κ3) is 4.46. The zero-order valence-electron chi connectivity index (χ0n) is 11.3. The number of nitrogens with one attached hydrogen (secondary N) is 1. The van der Waals surface area contributed by atoms with Crippen LogP contribution in [-0.2, 0) is 9.53 Å². The molecular weight excluding hydrogens is 336 g/mol. The van der Waals surface area contributed by atoms with E-state index in [2.05, 4.69) is 21.2 Å². The average Bonchev–Trinajstić information content (AvgIpc) is 2.46. The smallest absolute Gasteiger partial charge is 0.262 e. The van der Waals surface area contributed by atoms with E-state index in [0.717, 1.165) is 23.1 Å². The number of hydrogen-bond acceptors (Lipinski definition) is 3. The number of carbonyl (C=O) groups is 2. The third-order valence-electron chi connectivity index (χ3n) is 2.89. The van der Waals surface area contributed by atoms with Gasteiger partial charge in [0, 0.05) is 10.9 Å². The molecule has 0 spiro atoms. The molecule has 5 nitrogen and oxygen atoms in total. The Balaban J connectivity index is 1.99. The van der Waals surface area contributed by atoms with Gasteiger partial charge in [0.15, 0.2) is 6.61 Å². The lowest BCUT2D eigenvalue weighted by Gasteiger charge is -2.13. The maximum atomic E-state index is 11.9. The molecule has 0 saturated carbocycles. The number of benzene rings is 1. The van der Waals surface area contributed by atoms with Crippen LogP contribution < -0.4 is 11.1 Å². The van der Waals surface area contributed by atoms with Crippen LogP contribution in [0.2, 0.25) is 0 Å². The summed E-state index contributed by atoms with van der Waals surface area (Å²) in [6, 6.07) is 4.86. The van der Waals surface area contributed by atoms with Crippen LogP contribution in [0.1, 0.15) is 23.2 Å². The Hall–Kier alpha value is -2.08. The maximum Gasteiger partial charge on any atom is 0.262 e. The first-order chi connectivity index (χ1) is 10.1. The highest BCUT2D eigenvalue weighted by Crippen LogP contribution is 2.21. The second kappa shape index (κ2) is 7.08. The molecule has 2 rings (SSSR count). The second-order valence-electron chi connectivity index (χ2n) is 4.49. The van der Waals surface area contributed by atoms with Gasteiger partial charge in [-0.1, -0.05) is 28.1 Å². The van der Waals surface area contributed by atoms with Crippen molar-refractivity contribution in [2.75, 3.05) is 11.9 Å². The normalized spacial score (nSPS) is 13.5. The van der Waals surface area contributed by atoms with E-state index in [9.17, 15) is 9.59 Å². The van der Waals surface area contributed by atoms with Crippen molar-refractivity contribution >= 4 is 33.4 Å². The van der Waals surface area contributed by atoms with Gasteiger partial charge >= 0.3 is 0 Å². The van der Waals surface area contributed by atoms with Crippen molar-refractivity contribution in [3.63, 3.8) is 0 Å². The van der Waals surface area contributed by atoms with Crippen LogP contribution >= 0.6 is 15.9 Å². The predicted molar refractivity (Wildman–Crippen MR) is 83.7 cm³/mol. The van der Waals surface area contributed by atoms with E-state index >= 15 is 0 Å². The van der Waals surface area contributed by atoms with Crippen molar-refractivity contribution in [1.82, 2.24) is 0 Å². The topological polar surface area (TPSA) is 81.4 Å². The van der Waals surface area contributed by atoms with Crippen LogP contribution in [0.25, 0.3) is 0 Å². The first kappa shape index (κ1) is 15.3. The van der Waals surface area contributed by atoms with Gasteiger partial charge < -0.3 is 15.8 Å². The lowest BCUT2D eigenvalue weighted by Crippen LogP contribution is -2.21. The molecule has 0 aliphatic heterocycles. The van der Waals surface area contributed by atoms with Crippen LogP contribution in [-0.4, -0.2) is 18.4 Å². The minimum absolute atomic E-state index is 0.107. The Bertz CT molecular complexity index is 623. The van der Waals surface area contributed by atoms with E-state index in [-0.39, 0.29) is 18.1 Å². The summed E-state index contributed by atoms with van der Waals surface area (Å²) in [5.41, 5.74) is 5.90. The molecule has 110 valence electrons. The van der Waals surface area contributed by atoms with Gasteiger partial charge in [-0.2, -0.15) is 0 Å². The molecule has 0 saturated heterocycles. The first-order valence-electron chi connectivity index (χ1n) is 6.44. The van der Waals surface area contributed by atoms with Gasteiger partial charge in [0.2, 0.25) is 0 Å². The molecule has 0 unspecified atom stereocenters. The van der Waals surface area contributed by atoms with Crippen LogP contribution in [0.15, 0.2) is 46.7 Å². The zero-order valence-corrected chi connectivity index (χ0v) is 12.9. The highest BCUT2D eigenvalue weighted by Gasteiger charge is 2.12. The number of halogens is 1. The van der Waals surface area contributed by atoms with Crippen LogP contribution in [0.4, 0.5) is 5.69 Å². The fraction of sp³-hybridized carbons (Fsp3) is 0.200. The van der Waals surface area contributed by atoms with E-state index in [1.165, 1.54) is 0 Å². The predicted octanol–water partition coefficient (Wildman–Crippen LogP) is 2.74. The molecule has 1 aliphatic rings. The second-order valence-corrected chi connectivity index (χ2v) is 5.41. The summed E-state index contributed by atoms with van der Waals surface area (Å²) in [7, 11) is 0. The Morgan fingerprint density at radius 2 is 2.19 bits per heavy atom. The number of carbonyl (C=O) groups excluding carboxylic acids is 2. The van der Waals surface area contributed by atoms with Crippen LogP contribution in [0.5, 0.6) is 0 Å². The van der Waals surface area contributed by atoms with E-state index in [0.29, 0.717) is 5.69 Å². The van der Waals surface area contributed by atoms with Gasteiger partial charge in [0.25, 0.3) is 11.8 Å². The minimum atomic E-state index is -0.598. The van der Waals surface area contributed by atoms with Gasteiger partial charge in [-0.05, 0) is 30.7 Å². The third-order valence-corrected chi connectivity index (χ3v) is 3.38. The molecule has 1 aliphatic carbocycles. The summed E-state index contributed by atoms with van der Waals surface area (Å²) < 4.78 is 6.16. The van der Waals surface area contributed by atoms with E-state index in [4.69, 9.17) is 10.5 Å². The summed E-state index contributed by atoms with van der Waals surface area (Å²) >= 11 is 3.29. The van der Waals surface area contributed by atoms with Crippen molar-refractivity contribution in [2.45, 2.75) is 12.8 Å². The van der Waals surface area contributed by atoms with Gasteiger partial charge in [-0.25, -0.2) is 0 Å². The van der Waals surface area contributed by atoms with Crippen molar-refractivity contribution in [3.05, 3.63) is 52.2 Å². The molecule has 0 heterocycles. The molecule has 0 radical (unpaired) electrons. The molecule has 6 heteroatoms. The highest BCUT2D eigenvalue weighted by molar-refractivity contribution is 9.10. The summed E-state index contributed by atoms with van der Waals surface area (Å²) in [6.07, 6.45) is 7.46. The van der Waals surface area contributed by atoms with Gasteiger partial charge in [0.1, 0.15) is 0 Å². The van der Waals surface area contributed by atoms with Crippen LogP contribution in [0.3, 0.4) is 0 Å². The van der Waals surface area contributed by atoms with E-state index in [1.54, 1.807) is 18.2 Å². The highest BCUT2D eigenvalue weighted by atomic mass is 79.9. The van der Waals surface area contributed by atoms with Crippen molar-refractivity contribution < 1.29 is 14.3 Å². The van der Waals surface area contributed by atoms with Gasteiger partial charge in [-0.15, -0.1) is 0 Å². The summed E-state index contributed by atoms with van der Waals surface area (Å²) in [5.74, 6) is -0.165. The molecule has 3 N–H and O–H groups in total. The Morgan fingerprint density at radius 1 is 1.38 bits per heavy atom. The number of primary amides is 1. The summed E-state index contributed by atoms with van der Waals surface area (Å²) in [4.78, 5) is 23.2. The Labute approximate surface area is 131 Å². The molecule has 2 amide bonds. The molecule has 1 aromatic carbocycles. The van der Waals surface area contributed by atoms with E-state index in [1.807, 2.05) is 18.2 Å². The standard InChI is InChI=1S/C15H15BrN2O3/c16-10-6-7-12(15(17)20)13(8-10)18-14(19)9-21-11-4-2-1-3-5-11/h1-2,4,6-8H,3,5,9H2,(H2,17,20)(H,18,19). The zero-order chi connectivity index (χ0) is 15.2. The first-order valence-corrected chi connectivity index (χ1v) is 7.23. The lowest BCUT2D eigenvalue weighted by atomic mass is 10.1. The molecule has 21 heavy (non-hydrogen) atoms. The molecule has 0 aromatic heterocycles. The number of allylic oxidation sites excluding steroid dienone is 4. The van der Waals surface area contributed by atoms with Crippen molar-refractivity contribution in [1.29, 1.82) is 0 Å². The number of nitrogens with two attached hydrogens (primary N) is 1. The number of amides is 2. The van der Waals surface area contributed by atoms with Crippen molar-refractivity contribution in [2.24, 2.45) is 5.73 Å². The number of ether oxygens (including phenoxy) is 1. The average molecular weight is 351 g/mol. The lowest BCUT2D eigenvalue weighted by molar-refractivity contribution is -0.119. The maximum absolute atomic E-state index is 11.9. The summed E-state index contributed by atoms with van der Waals surface area (Å²) in [5, 5.41) is 2.63. The molecule has 0 bridgehead atoms. The monoisotopic (exact) mass is 350 g/mol. The largest absolute Gasteiger partial charge is 0.488 e. The fourth-order valence-corrected chi connectivity index (χ4v) is 2.24. The Kier molecular flexibility index (Phi) is 5.16. The minimum Gasteiger partial charge on any atom is -0.488 e. The molecule has 0 atom stereocenters. The number of rotatable bonds is 5. The number of hydrogen-bond donors (Lipinski definition) is 2. The van der Waals surface area contributed by atoms with E-state index < -0.39 is 5.91 Å². The molecule has 0 fully saturated rings. The van der Waals surface area contributed by atoms with Gasteiger partial charge in [0.05, 0.1) is 17.0 Å². The van der Waals surface area contributed by atoms with Crippen molar-refractivity contribution in [3.8, 4) is 0 Å². The SMILES string of the molecule is NC(=O)c1ccc(Br)cc1NC(=O)COC1=CC=CCC1.